The summed E-state index contributed by atoms with van der Waals surface area (Å²) in [6.07, 6.45) is 3.32. The fourth-order valence-corrected chi connectivity index (χ4v) is 7.21. The SMILES string of the molecule is C=C[C@@H]1C[C@]1(NC(=O)C1C[C@@H](OC(=O)N2Cc3cccc(F)c3C2)CN1C(=O)[C@@H](C)NC(=O)/C=C/C)C(=O)NS(=O)(=O)C1CC1. The number of benzene rings is 1. The minimum absolute atomic E-state index is 0.00152. The fourth-order valence-electron chi connectivity index (χ4n) is 5.84. The summed E-state index contributed by atoms with van der Waals surface area (Å²) in [5.41, 5.74) is -0.553. The molecule has 1 aromatic carbocycles. The third kappa shape index (κ3) is 6.58. The number of carbonyl (C=O) groups excluding carboxylic acids is 5. The number of nitrogens with zero attached hydrogens (tertiary/aromatic N) is 2. The first kappa shape index (κ1) is 32.1. The first-order chi connectivity index (χ1) is 21.3. The van der Waals surface area contributed by atoms with E-state index in [-0.39, 0.29) is 32.5 Å². The summed E-state index contributed by atoms with van der Waals surface area (Å²) in [5.74, 6) is -3.79. The van der Waals surface area contributed by atoms with Crippen molar-refractivity contribution in [3.63, 3.8) is 0 Å². The zero-order chi connectivity index (χ0) is 32.7. The van der Waals surface area contributed by atoms with E-state index in [2.05, 4.69) is 21.9 Å². The van der Waals surface area contributed by atoms with E-state index in [1.165, 1.54) is 41.0 Å². The molecule has 2 aliphatic heterocycles. The van der Waals surface area contributed by atoms with Crippen molar-refractivity contribution in [2.24, 2.45) is 5.92 Å². The van der Waals surface area contributed by atoms with Crippen molar-refractivity contribution in [2.75, 3.05) is 6.54 Å². The summed E-state index contributed by atoms with van der Waals surface area (Å²) in [4.78, 5) is 68.1. The molecule has 4 aliphatic rings. The van der Waals surface area contributed by atoms with E-state index in [1.807, 2.05) is 0 Å². The van der Waals surface area contributed by atoms with Crippen molar-refractivity contribution in [2.45, 2.75) is 81.6 Å². The predicted octanol–water partition coefficient (Wildman–Crippen LogP) is 0.998. The summed E-state index contributed by atoms with van der Waals surface area (Å²) in [6, 6.07) is 2.28. The maximum atomic E-state index is 14.2. The van der Waals surface area contributed by atoms with Gasteiger partial charge < -0.3 is 20.3 Å². The van der Waals surface area contributed by atoms with E-state index < -0.39 is 80.5 Å². The highest BCUT2D eigenvalue weighted by atomic mass is 32.2. The Bertz CT molecular complexity index is 1580. The predicted molar refractivity (Wildman–Crippen MR) is 158 cm³/mol. The maximum absolute atomic E-state index is 14.2. The van der Waals surface area contributed by atoms with Gasteiger partial charge in [0.25, 0.3) is 5.91 Å². The van der Waals surface area contributed by atoms with Gasteiger partial charge >= 0.3 is 6.09 Å². The Balaban J connectivity index is 1.32. The number of nitrogens with one attached hydrogen (secondary N) is 3. The topological polar surface area (TPSA) is 171 Å². The minimum atomic E-state index is -3.90. The lowest BCUT2D eigenvalue weighted by Crippen LogP contribution is -2.58. The smallest absolute Gasteiger partial charge is 0.410 e. The third-order valence-electron chi connectivity index (χ3n) is 8.60. The molecule has 3 N–H and O–H groups in total. The number of allylic oxidation sites excluding steroid dienone is 1. The van der Waals surface area contributed by atoms with E-state index in [0.29, 0.717) is 24.0 Å². The van der Waals surface area contributed by atoms with Crippen LogP contribution in [0.15, 0.2) is 43.0 Å². The van der Waals surface area contributed by atoms with Crippen LogP contribution in [0.5, 0.6) is 0 Å². The van der Waals surface area contributed by atoms with Crippen molar-refractivity contribution in [3.8, 4) is 0 Å². The van der Waals surface area contributed by atoms with Gasteiger partial charge in [0.1, 0.15) is 29.5 Å². The number of ether oxygens (including phenoxy) is 1. The molecule has 5 atom stereocenters. The molecule has 2 heterocycles. The number of carbonyl (C=O) groups is 5. The lowest BCUT2D eigenvalue weighted by Gasteiger charge is -2.28. The van der Waals surface area contributed by atoms with Crippen LogP contribution in [0.1, 0.15) is 50.7 Å². The van der Waals surface area contributed by atoms with Crippen molar-refractivity contribution in [1.29, 1.82) is 0 Å². The molecule has 1 saturated heterocycles. The molecule has 3 fully saturated rings. The molecule has 1 aromatic rings. The van der Waals surface area contributed by atoms with Gasteiger partial charge in [-0.05, 0) is 50.8 Å². The quantitative estimate of drug-likeness (QED) is 0.250. The van der Waals surface area contributed by atoms with Gasteiger partial charge in [0, 0.05) is 24.4 Å². The Labute approximate surface area is 260 Å². The summed E-state index contributed by atoms with van der Waals surface area (Å²) in [5, 5.41) is 4.52. The van der Waals surface area contributed by atoms with Gasteiger partial charge in [0.15, 0.2) is 0 Å². The highest BCUT2D eigenvalue weighted by Crippen LogP contribution is 2.45. The molecular formula is C30H36FN5O8S. The molecule has 13 nitrogen and oxygen atoms in total. The van der Waals surface area contributed by atoms with Crippen LogP contribution in [0.4, 0.5) is 9.18 Å². The third-order valence-corrected chi connectivity index (χ3v) is 10.4. The average Bonchev–Trinajstić information content (AvgIpc) is 3.87. The number of hydrogen-bond acceptors (Lipinski definition) is 8. The van der Waals surface area contributed by atoms with Gasteiger partial charge in [-0.15, -0.1) is 6.58 Å². The van der Waals surface area contributed by atoms with Crippen molar-refractivity contribution < 1.29 is 41.5 Å². The summed E-state index contributed by atoms with van der Waals surface area (Å²) < 4.78 is 46.9. The lowest BCUT2D eigenvalue weighted by atomic mass is 10.1. The first-order valence-electron chi connectivity index (χ1n) is 14.8. The number of hydrogen-bond donors (Lipinski definition) is 3. The second-order valence-corrected chi connectivity index (χ2v) is 13.9. The summed E-state index contributed by atoms with van der Waals surface area (Å²) in [7, 11) is -3.90. The number of rotatable bonds is 10. The second-order valence-electron chi connectivity index (χ2n) is 11.9. The number of halogens is 1. The summed E-state index contributed by atoms with van der Waals surface area (Å²) in [6.45, 7) is 6.70. The normalized spacial score (nSPS) is 26.2. The molecular weight excluding hydrogens is 609 g/mol. The van der Waals surface area contributed by atoms with Crippen molar-refractivity contribution in [1.82, 2.24) is 25.2 Å². The first-order valence-corrected chi connectivity index (χ1v) is 16.3. The molecule has 5 amide bonds. The Hall–Kier alpha value is -4.27. The van der Waals surface area contributed by atoms with Crippen LogP contribution >= 0.6 is 0 Å². The Kier molecular flexibility index (Phi) is 8.75. The largest absolute Gasteiger partial charge is 0.444 e. The number of amides is 5. The molecule has 0 radical (unpaired) electrons. The summed E-state index contributed by atoms with van der Waals surface area (Å²) >= 11 is 0. The van der Waals surface area contributed by atoms with E-state index in [4.69, 9.17) is 4.74 Å². The molecule has 1 unspecified atom stereocenters. The number of fused-ring (bicyclic) bond motifs is 1. The average molecular weight is 646 g/mol. The lowest BCUT2D eigenvalue weighted by molar-refractivity contribution is -0.141. The zero-order valence-corrected chi connectivity index (χ0v) is 25.8. The highest BCUT2D eigenvalue weighted by molar-refractivity contribution is 7.91. The van der Waals surface area contributed by atoms with Crippen LogP contribution in [-0.2, 0) is 47.0 Å². The van der Waals surface area contributed by atoms with Gasteiger partial charge in [-0.2, -0.15) is 0 Å². The van der Waals surface area contributed by atoms with Crippen LogP contribution in [0.2, 0.25) is 0 Å². The zero-order valence-electron chi connectivity index (χ0n) is 25.0. The standard InChI is InChI=1S/C30H36FN5O8S/c1-4-7-25(37)32-17(3)27(39)36-15-20(44-29(41)35-14-18-8-6-9-23(31)22(18)16-35)12-24(36)26(38)33-30(13-19(30)5-2)28(40)34-45(42,43)21-10-11-21/h4-9,17,19-21,24H,2,10-16H2,1,3H3,(H,32,37)(H,33,38)(H,34,40)/b7-4+/t17-,19-,20-,24?,30-/m1/s1. The van der Waals surface area contributed by atoms with Gasteiger partial charge in [0.2, 0.25) is 27.7 Å². The fraction of sp³-hybridized carbons (Fsp3) is 0.500. The molecule has 15 heteroatoms. The van der Waals surface area contributed by atoms with Crippen molar-refractivity contribution >= 4 is 39.7 Å². The number of sulfonamides is 1. The van der Waals surface area contributed by atoms with E-state index in [0.717, 1.165) is 0 Å². The van der Waals surface area contributed by atoms with E-state index in [1.54, 1.807) is 19.1 Å². The highest BCUT2D eigenvalue weighted by Gasteiger charge is 2.62. The van der Waals surface area contributed by atoms with E-state index in [9.17, 15) is 36.8 Å². The van der Waals surface area contributed by atoms with Crippen molar-refractivity contribution in [3.05, 3.63) is 60.0 Å². The Morgan fingerprint density at radius 3 is 2.53 bits per heavy atom. The monoisotopic (exact) mass is 645 g/mol. The molecule has 242 valence electrons. The Morgan fingerprint density at radius 2 is 1.91 bits per heavy atom. The molecule has 0 spiro atoms. The van der Waals surface area contributed by atoms with Gasteiger partial charge in [0.05, 0.1) is 18.3 Å². The Morgan fingerprint density at radius 1 is 1.18 bits per heavy atom. The van der Waals surface area contributed by atoms with Crippen LogP contribution in [0, 0.1) is 11.7 Å². The van der Waals surface area contributed by atoms with Crippen LogP contribution in [-0.4, -0.2) is 83.5 Å². The molecule has 0 bridgehead atoms. The van der Waals surface area contributed by atoms with Crippen LogP contribution < -0.4 is 15.4 Å². The van der Waals surface area contributed by atoms with E-state index >= 15 is 0 Å². The van der Waals surface area contributed by atoms with Crippen LogP contribution in [0.3, 0.4) is 0 Å². The number of likely N-dealkylation sites (tertiary alicyclic amines) is 1. The maximum Gasteiger partial charge on any atom is 0.410 e. The van der Waals surface area contributed by atoms with Gasteiger partial charge in [-0.3, -0.25) is 28.8 Å². The molecule has 2 saturated carbocycles. The van der Waals surface area contributed by atoms with Gasteiger partial charge in [-0.1, -0.05) is 24.3 Å². The van der Waals surface area contributed by atoms with Crippen LogP contribution in [0.25, 0.3) is 0 Å². The molecule has 45 heavy (non-hydrogen) atoms. The molecule has 0 aromatic heterocycles. The second kappa shape index (κ2) is 12.3. The van der Waals surface area contributed by atoms with Gasteiger partial charge in [-0.25, -0.2) is 17.6 Å². The molecule has 5 rings (SSSR count). The molecule has 2 aliphatic carbocycles. The minimum Gasteiger partial charge on any atom is -0.444 e.